The van der Waals surface area contributed by atoms with Crippen molar-refractivity contribution >= 4 is 33.8 Å². The van der Waals surface area contributed by atoms with Gasteiger partial charge in [-0.2, -0.15) is 0 Å². The number of anilines is 1. The Morgan fingerprint density at radius 2 is 1.58 bits per heavy atom. The molecule has 0 aliphatic carbocycles. The van der Waals surface area contributed by atoms with E-state index in [-0.39, 0.29) is 0 Å². The monoisotopic (exact) mass is 387 g/mol. The fourth-order valence-electron chi connectivity index (χ4n) is 3.00. The first-order valence-electron chi connectivity index (χ1n) is 8.16. The molecule has 1 fully saturated rings. The van der Waals surface area contributed by atoms with Crippen molar-refractivity contribution < 1.29 is 9.47 Å². The lowest BCUT2D eigenvalue weighted by atomic mass is 10.1. The molecule has 0 spiro atoms. The number of hydrogen-bond donors (Lipinski definition) is 0. The van der Waals surface area contributed by atoms with Gasteiger partial charge < -0.3 is 14.4 Å². The van der Waals surface area contributed by atoms with Crippen molar-refractivity contribution in [3.8, 4) is 11.5 Å². The second-order valence-electron chi connectivity index (χ2n) is 5.85. The Bertz CT molecular complexity index is 719. The highest BCUT2D eigenvalue weighted by Gasteiger charge is 2.18. The quantitative estimate of drug-likeness (QED) is 0.654. The largest absolute Gasteiger partial charge is 0.496 e. The Kier molecular flexibility index (Phi) is 5.46. The number of methoxy groups -OCH3 is 2. The van der Waals surface area contributed by atoms with Crippen LogP contribution in [0.15, 0.2) is 40.9 Å². The molecule has 0 N–H and O–H groups in total. The second-order valence-corrected chi connectivity index (χ2v) is 6.76. The number of hydrogen-bond acceptors (Lipinski definition) is 3. The minimum absolute atomic E-state index is 0.867. The van der Waals surface area contributed by atoms with Crippen LogP contribution < -0.4 is 14.4 Å². The van der Waals surface area contributed by atoms with Crippen molar-refractivity contribution in [2.24, 2.45) is 0 Å². The molecule has 1 saturated heterocycles. The van der Waals surface area contributed by atoms with Gasteiger partial charge in [0, 0.05) is 29.2 Å². The molecule has 0 saturated carbocycles. The van der Waals surface area contributed by atoms with Crippen LogP contribution >= 0.6 is 15.9 Å². The Balaban J connectivity index is 1.93. The van der Waals surface area contributed by atoms with E-state index in [1.807, 2.05) is 12.1 Å². The molecule has 1 heterocycles. The van der Waals surface area contributed by atoms with Crippen LogP contribution in [0, 0.1) is 0 Å². The third-order valence-corrected chi connectivity index (χ3v) is 4.83. The fourth-order valence-corrected chi connectivity index (χ4v) is 3.26. The van der Waals surface area contributed by atoms with Gasteiger partial charge in [0.25, 0.3) is 0 Å². The van der Waals surface area contributed by atoms with Crippen molar-refractivity contribution in [1.82, 2.24) is 0 Å². The molecule has 0 atom stereocenters. The highest BCUT2D eigenvalue weighted by atomic mass is 79.9. The second kappa shape index (κ2) is 7.75. The molecule has 0 amide bonds. The van der Waals surface area contributed by atoms with Gasteiger partial charge in [-0.3, -0.25) is 0 Å². The van der Waals surface area contributed by atoms with Gasteiger partial charge >= 0.3 is 0 Å². The van der Waals surface area contributed by atoms with E-state index in [2.05, 4.69) is 57.2 Å². The molecule has 0 bridgehead atoms. The highest BCUT2D eigenvalue weighted by Crippen LogP contribution is 2.37. The topological polar surface area (TPSA) is 21.7 Å². The summed E-state index contributed by atoms with van der Waals surface area (Å²) in [6.45, 7) is 2.15. The van der Waals surface area contributed by atoms with Gasteiger partial charge in [-0.15, -0.1) is 0 Å². The van der Waals surface area contributed by atoms with Crippen LogP contribution in [0.5, 0.6) is 11.5 Å². The molecule has 4 heteroatoms. The number of halogens is 1. The predicted molar refractivity (Wildman–Crippen MR) is 104 cm³/mol. The molecule has 3 rings (SSSR count). The Hall–Kier alpha value is -1.94. The summed E-state index contributed by atoms with van der Waals surface area (Å²) >= 11 is 3.46. The number of rotatable bonds is 5. The van der Waals surface area contributed by atoms with E-state index in [0.717, 1.165) is 45.9 Å². The van der Waals surface area contributed by atoms with Gasteiger partial charge in [0.05, 0.1) is 19.9 Å². The van der Waals surface area contributed by atoms with Crippen molar-refractivity contribution in [3.63, 3.8) is 0 Å². The molecule has 3 nitrogen and oxygen atoms in total. The van der Waals surface area contributed by atoms with Gasteiger partial charge in [-0.25, -0.2) is 0 Å². The van der Waals surface area contributed by atoms with E-state index in [1.165, 1.54) is 12.8 Å². The maximum Gasteiger partial charge on any atom is 0.143 e. The zero-order valence-corrected chi connectivity index (χ0v) is 15.7. The molecule has 1 aliphatic heterocycles. The summed E-state index contributed by atoms with van der Waals surface area (Å²) < 4.78 is 12.3. The number of ether oxygens (including phenoxy) is 2. The lowest BCUT2D eigenvalue weighted by Crippen LogP contribution is -2.18. The predicted octanol–water partition coefficient (Wildman–Crippen LogP) is 5.24. The van der Waals surface area contributed by atoms with Crippen molar-refractivity contribution in [2.45, 2.75) is 12.8 Å². The minimum Gasteiger partial charge on any atom is -0.496 e. The molecule has 2 aromatic carbocycles. The maximum absolute atomic E-state index is 5.63. The lowest BCUT2D eigenvalue weighted by Gasteiger charge is -2.22. The van der Waals surface area contributed by atoms with Gasteiger partial charge in [-0.05, 0) is 36.6 Å². The van der Waals surface area contributed by atoms with Crippen LogP contribution in [-0.2, 0) is 0 Å². The van der Waals surface area contributed by atoms with Gasteiger partial charge in [-0.1, -0.05) is 40.2 Å². The van der Waals surface area contributed by atoms with E-state index < -0.39 is 0 Å². The molecule has 0 aromatic heterocycles. The van der Waals surface area contributed by atoms with Crippen molar-refractivity contribution in [1.29, 1.82) is 0 Å². The van der Waals surface area contributed by atoms with E-state index in [9.17, 15) is 0 Å². The fraction of sp³-hybridized carbons (Fsp3) is 0.300. The Labute approximate surface area is 152 Å². The van der Waals surface area contributed by atoms with Crippen molar-refractivity contribution in [2.75, 3.05) is 32.2 Å². The standard InChI is InChI=1S/C20H22BrNO2/c1-23-19-14-18(22-11-3-4-12-22)20(24-2)13-16(19)8-5-15-6-9-17(21)10-7-15/h5-10,13-14H,3-4,11-12H2,1-2H3/b8-5+. The average Bonchev–Trinajstić information content (AvgIpc) is 3.15. The molecule has 0 radical (unpaired) electrons. The van der Waals surface area contributed by atoms with E-state index in [1.54, 1.807) is 14.2 Å². The minimum atomic E-state index is 0.867. The molecular weight excluding hydrogens is 366 g/mol. The van der Waals surface area contributed by atoms with Gasteiger partial charge in [0.1, 0.15) is 11.5 Å². The van der Waals surface area contributed by atoms with E-state index in [4.69, 9.17) is 9.47 Å². The third kappa shape index (κ3) is 3.75. The van der Waals surface area contributed by atoms with E-state index in [0.29, 0.717) is 0 Å². The molecule has 0 unspecified atom stereocenters. The van der Waals surface area contributed by atoms with Crippen LogP contribution in [-0.4, -0.2) is 27.3 Å². The summed E-state index contributed by atoms with van der Waals surface area (Å²) in [5.74, 6) is 1.76. The summed E-state index contributed by atoms with van der Waals surface area (Å²) in [6.07, 6.45) is 6.62. The Morgan fingerprint density at radius 3 is 2.21 bits per heavy atom. The van der Waals surface area contributed by atoms with Crippen molar-refractivity contribution in [3.05, 3.63) is 52.0 Å². The molecule has 1 aliphatic rings. The van der Waals surface area contributed by atoms with Gasteiger partial charge in [0.15, 0.2) is 0 Å². The van der Waals surface area contributed by atoms with Crippen LogP contribution in [0.2, 0.25) is 0 Å². The summed E-state index contributed by atoms with van der Waals surface area (Å²) in [4.78, 5) is 2.36. The van der Waals surface area contributed by atoms with Crippen LogP contribution in [0.4, 0.5) is 5.69 Å². The molecule has 24 heavy (non-hydrogen) atoms. The first-order chi connectivity index (χ1) is 11.7. The maximum atomic E-state index is 5.63. The molecular formula is C20H22BrNO2. The summed E-state index contributed by atoms with van der Waals surface area (Å²) in [5, 5.41) is 0. The smallest absolute Gasteiger partial charge is 0.143 e. The lowest BCUT2D eigenvalue weighted by molar-refractivity contribution is 0.402. The third-order valence-electron chi connectivity index (χ3n) is 4.30. The highest BCUT2D eigenvalue weighted by molar-refractivity contribution is 9.10. The summed E-state index contributed by atoms with van der Waals surface area (Å²) in [6, 6.07) is 12.4. The summed E-state index contributed by atoms with van der Waals surface area (Å²) in [5.41, 5.74) is 3.27. The number of benzene rings is 2. The average molecular weight is 388 g/mol. The van der Waals surface area contributed by atoms with Gasteiger partial charge in [0.2, 0.25) is 0 Å². The van der Waals surface area contributed by atoms with Crippen LogP contribution in [0.25, 0.3) is 12.2 Å². The van der Waals surface area contributed by atoms with Crippen LogP contribution in [0.3, 0.4) is 0 Å². The first kappa shape index (κ1) is 16.9. The summed E-state index contributed by atoms with van der Waals surface area (Å²) in [7, 11) is 3.44. The molecule has 126 valence electrons. The van der Waals surface area contributed by atoms with Crippen LogP contribution in [0.1, 0.15) is 24.0 Å². The number of nitrogens with zero attached hydrogens (tertiary/aromatic N) is 1. The Morgan fingerprint density at radius 1 is 0.917 bits per heavy atom. The first-order valence-corrected chi connectivity index (χ1v) is 8.95. The zero-order valence-electron chi connectivity index (χ0n) is 14.1. The SMILES string of the molecule is COc1cc(N2CCCC2)c(OC)cc1/C=C/c1ccc(Br)cc1. The molecule has 2 aromatic rings. The zero-order chi connectivity index (χ0) is 16.9. The normalized spacial score (nSPS) is 14.4. The van der Waals surface area contributed by atoms with E-state index >= 15 is 0 Å².